The van der Waals surface area contributed by atoms with Gasteiger partial charge in [0.05, 0.1) is 46.1 Å². The number of hydrogen-bond donors (Lipinski definition) is 1. The van der Waals surface area contributed by atoms with E-state index in [1.165, 1.54) is 24.3 Å². The number of hydrogen-bond acceptors (Lipinski definition) is 5. The number of benzene rings is 2. The van der Waals surface area contributed by atoms with Gasteiger partial charge in [-0.15, -0.1) is 0 Å². The van der Waals surface area contributed by atoms with E-state index in [0.29, 0.717) is 11.0 Å². The highest BCUT2D eigenvalue weighted by Crippen LogP contribution is 2.39. The van der Waals surface area contributed by atoms with Crippen molar-refractivity contribution in [3.8, 4) is 12.1 Å². The van der Waals surface area contributed by atoms with Gasteiger partial charge in [0.1, 0.15) is 0 Å². The molecule has 1 amide bonds. The van der Waals surface area contributed by atoms with Crippen molar-refractivity contribution in [3.05, 3.63) is 58.1 Å². The van der Waals surface area contributed by atoms with Crippen LogP contribution in [0.5, 0.6) is 0 Å². The highest BCUT2D eigenvalue weighted by atomic mass is 35.5. The van der Waals surface area contributed by atoms with E-state index in [1.54, 1.807) is 0 Å². The standard InChI is InChI=1S/C20H11ClF6N4O2/c21-14-5-10(7-28)1-4-15(14)30-17(32)16-9-31(18(33-16)20(25,26)27)12-3-2-11(8-29)13(6-12)19(22,23)24/h1-6,16,18H,9H2,(H,30,32)/t16-,18+/m0/s1. The van der Waals surface area contributed by atoms with Gasteiger partial charge in [-0.2, -0.15) is 36.9 Å². The second-order valence-corrected chi connectivity index (χ2v) is 7.21. The van der Waals surface area contributed by atoms with Crippen molar-refractivity contribution in [1.82, 2.24) is 0 Å². The number of carbonyl (C=O) groups is 1. The fraction of sp³-hybridized carbons (Fsp3) is 0.250. The smallest absolute Gasteiger partial charge is 0.335 e. The van der Waals surface area contributed by atoms with E-state index in [4.69, 9.17) is 26.9 Å². The quantitative estimate of drug-likeness (QED) is 0.625. The molecular formula is C20H11ClF6N4O2. The number of nitrogens with zero attached hydrogens (tertiary/aromatic N) is 3. The molecule has 1 aliphatic rings. The van der Waals surface area contributed by atoms with Crippen LogP contribution in [0.3, 0.4) is 0 Å². The second-order valence-electron chi connectivity index (χ2n) is 6.81. The predicted molar refractivity (Wildman–Crippen MR) is 103 cm³/mol. The lowest BCUT2D eigenvalue weighted by Crippen LogP contribution is -2.42. The first kappa shape index (κ1) is 24.2. The molecule has 3 rings (SSSR count). The van der Waals surface area contributed by atoms with E-state index in [-0.39, 0.29) is 16.3 Å². The summed E-state index contributed by atoms with van der Waals surface area (Å²) in [5.74, 6) is -1.02. The van der Waals surface area contributed by atoms with Crippen LogP contribution >= 0.6 is 11.6 Å². The van der Waals surface area contributed by atoms with Crippen LogP contribution in [-0.2, 0) is 15.7 Å². The van der Waals surface area contributed by atoms with Crippen LogP contribution < -0.4 is 10.2 Å². The molecule has 1 saturated heterocycles. The summed E-state index contributed by atoms with van der Waals surface area (Å²) in [5, 5.41) is 19.9. The number of nitriles is 2. The lowest BCUT2D eigenvalue weighted by molar-refractivity contribution is -0.212. The summed E-state index contributed by atoms with van der Waals surface area (Å²) in [6.45, 7) is -0.729. The van der Waals surface area contributed by atoms with Gasteiger partial charge in [-0.25, -0.2) is 0 Å². The lowest BCUT2D eigenvalue weighted by Gasteiger charge is -2.27. The van der Waals surface area contributed by atoms with Gasteiger partial charge >= 0.3 is 12.4 Å². The number of carbonyl (C=O) groups excluding carboxylic acids is 1. The van der Waals surface area contributed by atoms with Gasteiger partial charge in [0.15, 0.2) is 6.10 Å². The molecule has 0 unspecified atom stereocenters. The Kier molecular flexibility index (Phi) is 6.45. The molecule has 0 spiro atoms. The zero-order valence-electron chi connectivity index (χ0n) is 16.1. The number of halogens is 7. The number of alkyl halides is 6. The van der Waals surface area contributed by atoms with Gasteiger partial charge in [-0.3, -0.25) is 4.79 Å². The van der Waals surface area contributed by atoms with E-state index in [9.17, 15) is 31.1 Å². The number of rotatable bonds is 3. The van der Waals surface area contributed by atoms with Crippen molar-refractivity contribution < 1.29 is 35.9 Å². The lowest BCUT2D eigenvalue weighted by atomic mass is 10.1. The highest BCUT2D eigenvalue weighted by molar-refractivity contribution is 6.33. The van der Waals surface area contributed by atoms with Crippen LogP contribution in [0.25, 0.3) is 0 Å². The molecule has 33 heavy (non-hydrogen) atoms. The third-order valence-corrected chi connectivity index (χ3v) is 4.94. The summed E-state index contributed by atoms with van der Waals surface area (Å²) in [7, 11) is 0. The third-order valence-electron chi connectivity index (χ3n) is 4.63. The van der Waals surface area contributed by atoms with Gasteiger partial charge in [-0.1, -0.05) is 11.6 Å². The minimum atomic E-state index is -5.05. The minimum absolute atomic E-state index is 0.00371. The average molecular weight is 489 g/mol. The molecule has 0 aliphatic carbocycles. The molecular weight excluding hydrogens is 478 g/mol. The topological polar surface area (TPSA) is 89.2 Å². The molecule has 13 heteroatoms. The van der Waals surface area contributed by atoms with Crippen LogP contribution in [0.2, 0.25) is 5.02 Å². The number of amides is 1. The van der Waals surface area contributed by atoms with Crippen LogP contribution in [0.4, 0.5) is 37.7 Å². The summed E-state index contributed by atoms with van der Waals surface area (Å²) in [6, 6.07) is 9.03. The van der Waals surface area contributed by atoms with Crippen LogP contribution in [0.1, 0.15) is 16.7 Å². The van der Waals surface area contributed by atoms with E-state index >= 15 is 0 Å². The maximum absolute atomic E-state index is 13.6. The molecule has 1 aliphatic heterocycles. The fourth-order valence-corrected chi connectivity index (χ4v) is 3.36. The van der Waals surface area contributed by atoms with Crippen molar-refractivity contribution >= 4 is 28.9 Å². The van der Waals surface area contributed by atoms with Crippen LogP contribution in [0.15, 0.2) is 36.4 Å². The molecule has 2 atom stereocenters. The number of ether oxygens (including phenoxy) is 1. The van der Waals surface area contributed by atoms with E-state index in [2.05, 4.69) is 5.32 Å². The molecule has 0 radical (unpaired) electrons. The SMILES string of the molecule is N#Cc1ccc(NC(=O)[C@@H]2CN(c3ccc(C#N)c(C(F)(F)F)c3)[C@@H](C(F)(F)F)O2)c(Cl)c1. The second kappa shape index (κ2) is 8.81. The Balaban J connectivity index is 1.91. The molecule has 1 N–H and O–H groups in total. The van der Waals surface area contributed by atoms with Crippen LogP contribution in [-0.4, -0.2) is 31.0 Å². The average Bonchev–Trinajstić information content (AvgIpc) is 3.20. The largest absolute Gasteiger partial charge is 0.433 e. The Bertz CT molecular complexity index is 1170. The Morgan fingerprint density at radius 3 is 2.33 bits per heavy atom. The highest BCUT2D eigenvalue weighted by Gasteiger charge is 2.52. The summed E-state index contributed by atoms with van der Waals surface area (Å²) < 4.78 is 85.3. The first-order chi connectivity index (χ1) is 15.3. The van der Waals surface area contributed by atoms with Crippen molar-refractivity contribution in [3.63, 3.8) is 0 Å². The summed E-state index contributed by atoms with van der Waals surface area (Å²) in [4.78, 5) is 13.0. The number of anilines is 2. The first-order valence-electron chi connectivity index (χ1n) is 8.96. The minimum Gasteiger partial charge on any atom is -0.335 e. The predicted octanol–water partition coefficient (Wildman–Crippen LogP) is 4.83. The zero-order valence-corrected chi connectivity index (χ0v) is 16.9. The monoisotopic (exact) mass is 488 g/mol. The summed E-state index contributed by atoms with van der Waals surface area (Å²) >= 11 is 5.94. The van der Waals surface area contributed by atoms with E-state index < -0.39 is 54.0 Å². The molecule has 2 aromatic rings. The van der Waals surface area contributed by atoms with E-state index in [1.807, 2.05) is 6.07 Å². The Labute approximate surface area is 187 Å². The van der Waals surface area contributed by atoms with E-state index in [0.717, 1.165) is 12.1 Å². The van der Waals surface area contributed by atoms with Crippen molar-refractivity contribution in [2.24, 2.45) is 0 Å². The Morgan fingerprint density at radius 2 is 1.79 bits per heavy atom. The Hall–Kier alpha value is -3.48. The molecule has 172 valence electrons. The number of nitrogens with one attached hydrogen (secondary N) is 1. The van der Waals surface area contributed by atoms with Gasteiger partial charge in [0.25, 0.3) is 5.91 Å². The first-order valence-corrected chi connectivity index (χ1v) is 9.33. The van der Waals surface area contributed by atoms with Gasteiger partial charge in [0, 0.05) is 5.69 Å². The van der Waals surface area contributed by atoms with Gasteiger partial charge in [-0.05, 0) is 36.4 Å². The summed E-state index contributed by atoms with van der Waals surface area (Å²) in [6.07, 6.45) is -14.5. The fourth-order valence-electron chi connectivity index (χ4n) is 3.13. The zero-order chi connectivity index (χ0) is 24.6. The van der Waals surface area contributed by atoms with Crippen molar-refractivity contribution in [2.75, 3.05) is 16.8 Å². The normalized spacial score (nSPS) is 18.5. The van der Waals surface area contributed by atoms with Gasteiger partial charge in [0.2, 0.25) is 6.23 Å². The third kappa shape index (κ3) is 5.13. The molecule has 6 nitrogen and oxygen atoms in total. The summed E-state index contributed by atoms with van der Waals surface area (Å²) in [5.41, 5.74) is -2.53. The molecule has 0 aromatic heterocycles. The molecule has 2 aromatic carbocycles. The molecule has 1 heterocycles. The van der Waals surface area contributed by atoms with Crippen molar-refractivity contribution in [2.45, 2.75) is 24.7 Å². The Morgan fingerprint density at radius 1 is 1.09 bits per heavy atom. The van der Waals surface area contributed by atoms with Gasteiger partial charge < -0.3 is 15.0 Å². The molecule has 0 bridgehead atoms. The maximum Gasteiger partial charge on any atom is 0.433 e. The van der Waals surface area contributed by atoms with Crippen LogP contribution in [0, 0.1) is 22.7 Å². The maximum atomic E-state index is 13.6. The van der Waals surface area contributed by atoms with Crippen molar-refractivity contribution in [1.29, 1.82) is 10.5 Å². The molecule has 1 fully saturated rings. The molecule has 0 saturated carbocycles.